The van der Waals surface area contributed by atoms with Crippen LogP contribution in [-0.4, -0.2) is 58.0 Å². The van der Waals surface area contributed by atoms with E-state index in [1.807, 2.05) is 18.2 Å². The number of hydrogen-bond acceptors (Lipinski definition) is 5. The van der Waals surface area contributed by atoms with E-state index in [9.17, 15) is 14.6 Å². The summed E-state index contributed by atoms with van der Waals surface area (Å²) in [7, 11) is 0. The van der Waals surface area contributed by atoms with Crippen LogP contribution in [0.4, 0.5) is 4.39 Å². The van der Waals surface area contributed by atoms with Gasteiger partial charge in [-0.05, 0) is 77.2 Å². The Bertz CT molecular complexity index is 1260. The lowest BCUT2D eigenvalue weighted by molar-refractivity contribution is -0.108. The first kappa shape index (κ1) is 25.6. The maximum atomic E-state index is 14.6. The number of likely N-dealkylation sites (tertiary alicyclic amines) is 1. The molecule has 1 aromatic heterocycles. The minimum absolute atomic E-state index is 0.0712. The highest BCUT2D eigenvalue weighted by atomic mass is 79.9. The molecule has 0 unspecified atom stereocenters. The Balaban J connectivity index is 1.35. The van der Waals surface area contributed by atoms with Crippen molar-refractivity contribution >= 4 is 27.5 Å². The van der Waals surface area contributed by atoms with Gasteiger partial charge in [-0.25, -0.2) is 9.37 Å². The first-order valence-electron chi connectivity index (χ1n) is 11.2. The van der Waals surface area contributed by atoms with Crippen LogP contribution < -0.4 is 4.74 Å². The molecule has 4 rings (SSSR count). The Morgan fingerprint density at radius 3 is 2.66 bits per heavy atom. The first-order valence-corrected chi connectivity index (χ1v) is 12.4. The number of hydrogen-bond donors (Lipinski definition) is 2. The fraction of sp³-hybridized carbons (Fsp3) is 0.296. The molecule has 1 aliphatic heterocycles. The van der Waals surface area contributed by atoms with E-state index in [0.717, 1.165) is 10.0 Å². The molecule has 1 fully saturated rings. The van der Waals surface area contributed by atoms with Crippen molar-refractivity contribution in [3.05, 3.63) is 81.3 Å². The van der Waals surface area contributed by atoms with Crippen molar-refractivity contribution in [2.24, 2.45) is 0 Å². The molecular weight excluding hydrogens is 535 g/mol. The lowest BCUT2D eigenvalue weighted by Gasteiger charge is -2.39. The molecule has 0 saturated carbocycles. The van der Waals surface area contributed by atoms with E-state index in [1.54, 1.807) is 37.4 Å². The van der Waals surface area contributed by atoms with Crippen molar-refractivity contribution in [2.75, 3.05) is 26.2 Å². The number of aliphatic hydroxyl groups excluding tert-OH is 1. The van der Waals surface area contributed by atoms with E-state index in [4.69, 9.17) is 16.3 Å². The number of piperidine rings is 1. The molecule has 1 aliphatic rings. The summed E-state index contributed by atoms with van der Waals surface area (Å²) in [6.45, 7) is 3.85. The Kier molecular flexibility index (Phi) is 8.10. The Morgan fingerprint density at radius 2 is 1.97 bits per heavy atom. The first-order chi connectivity index (χ1) is 16.7. The third kappa shape index (κ3) is 6.60. The third-order valence-corrected chi connectivity index (χ3v) is 6.90. The Morgan fingerprint density at radius 1 is 1.20 bits per heavy atom. The van der Waals surface area contributed by atoms with Crippen LogP contribution in [0.25, 0.3) is 11.1 Å². The van der Waals surface area contributed by atoms with E-state index < -0.39 is 17.5 Å². The van der Waals surface area contributed by atoms with E-state index in [1.165, 1.54) is 6.07 Å². The van der Waals surface area contributed by atoms with E-state index in [2.05, 4.69) is 37.7 Å². The summed E-state index contributed by atoms with van der Waals surface area (Å²) in [5.74, 6) is 5.90. The summed E-state index contributed by atoms with van der Waals surface area (Å²) in [5.41, 5.74) is 1.20. The number of aliphatic hydroxyl groups is 2. The highest BCUT2D eigenvalue weighted by Gasteiger charge is 2.36. The molecule has 2 N–H and O–H groups in total. The number of benzene rings is 2. The largest absolute Gasteiger partial charge is 0.491 e. The number of ether oxygens (including phenoxy) is 1. The molecule has 2 atom stereocenters. The van der Waals surface area contributed by atoms with Gasteiger partial charge in [-0.15, -0.1) is 0 Å². The minimum atomic E-state index is -1.03. The molecule has 0 aliphatic carbocycles. The highest BCUT2D eigenvalue weighted by Crippen LogP contribution is 2.27. The van der Waals surface area contributed by atoms with Gasteiger partial charge >= 0.3 is 0 Å². The monoisotopic (exact) mass is 558 g/mol. The van der Waals surface area contributed by atoms with Crippen LogP contribution in [0.3, 0.4) is 0 Å². The fourth-order valence-corrected chi connectivity index (χ4v) is 4.35. The second kappa shape index (κ2) is 11.1. The zero-order chi connectivity index (χ0) is 25.0. The zero-order valence-corrected chi connectivity index (χ0v) is 21.5. The smallest absolute Gasteiger partial charge is 0.158 e. The summed E-state index contributed by atoms with van der Waals surface area (Å²) < 4.78 is 21.2. The topological polar surface area (TPSA) is 65.8 Å². The molecule has 0 radical (unpaired) electrons. The van der Waals surface area contributed by atoms with Gasteiger partial charge in [0.25, 0.3) is 0 Å². The van der Waals surface area contributed by atoms with Gasteiger partial charge in [-0.3, -0.25) is 4.90 Å². The summed E-state index contributed by atoms with van der Waals surface area (Å²) >= 11 is 9.41. The Labute approximate surface area is 217 Å². The standard InChI is InChI=1S/C27H25BrClFN2O3/c1-27(34)10-11-32(17-26(27)33)12-13-35-25-9-3-18(14-22(25)28)2-8-24-23(30)15-20(16-31-24)19-4-6-21(29)7-5-19/h3-7,9,14-16,26,33-34H,10-13,17H2,1H3/t26-,27+/m0/s1. The lowest BCUT2D eigenvalue weighted by Crippen LogP contribution is -2.54. The molecular formula is C27H25BrClFN2O3. The number of β-amino-alcohol motifs (C(OH)–C–C–N with tert-alkyl or cyclic N) is 1. The SMILES string of the molecule is C[C@@]1(O)CCN(CCOc2ccc(C#Cc3ncc(-c4ccc(Cl)cc4)cc3F)cc2Br)C[C@@H]1O. The molecule has 1 saturated heterocycles. The van der Waals surface area contributed by atoms with Crippen molar-refractivity contribution in [3.63, 3.8) is 0 Å². The molecule has 0 amide bonds. The van der Waals surface area contributed by atoms with Crippen molar-refractivity contribution in [2.45, 2.75) is 25.0 Å². The fourth-order valence-electron chi connectivity index (χ4n) is 3.73. The van der Waals surface area contributed by atoms with Gasteiger partial charge in [0, 0.05) is 42.0 Å². The average Bonchev–Trinajstić information content (AvgIpc) is 2.82. The van der Waals surface area contributed by atoms with E-state index in [-0.39, 0.29) is 5.69 Å². The van der Waals surface area contributed by atoms with Gasteiger partial charge in [0.05, 0.1) is 16.2 Å². The van der Waals surface area contributed by atoms with Crippen molar-refractivity contribution < 1.29 is 19.3 Å². The van der Waals surface area contributed by atoms with Crippen LogP contribution >= 0.6 is 27.5 Å². The molecule has 2 aromatic carbocycles. The average molecular weight is 560 g/mol. The molecule has 3 aromatic rings. The lowest BCUT2D eigenvalue weighted by atomic mass is 9.91. The van der Waals surface area contributed by atoms with E-state index in [0.29, 0.717) is 54.6 Å². The van der Waals surface area contributed by atoms with Gasteiger partial charge in [0.2, 0.25) is 0 Å². The quantitative estimate of drug-likeness (QED) is 0.436. The van der Waals surface area contributed by atoms with Gasteiger partial charge < -0.3 is 14.9 Å². The molecule has 0 spiro atoms. The van der Waals surface area contributed by atoms with Crippen molar-refractivity contribution in [1.29, 1.82) is 0 Å². The molecule has 182 valence electrons. The maximum Gasteiger partial charge on any atom is 0.158 e. The number of halogens is 3. The maximum absolute atomic E-state index is 14.6. The van der Waals surface area contributed by atoms with E-state index >= 15 is 0 Å². The Hall–Kier alpha value is -2.47. The molecule has 5 nitrogen and oxygen atoms in total. The number of nitrogens with zero attached hydrogens (tertiary/aromatic N) is 2. The predicted octanol–water partition coefficient (Wildman–Crippen LogP) is 4.90. The number of pyridine rings is 1. The summed E-state index contributed by atoms with van der Waals surface area (Å²) in [4.78, 5) is 6.24. The van der Waals surface area contributed by atoms with Crippen molar-refractivity contribution in [1.82, 2.24) is 9.88 Å². The number of aromatic nitrogens is 1. The minimum Gasteiger partial charge on any atom is -0.491 e. The van der Waals surface area contributed by atoms with Crippen LogP contribution in [0.15, 0.2) is 59.2 Å². The van der Waals surface area contributed by atoms with Gasteiger partial charge in [-0.2, -0.15) is 0 Å². The molecule has 2 heterocycles. The number of rotatable bonds is 5. The normalized spacial score (nSPS) is 20.2. The van der Waals surface area contributed by atoms with Crippen LogP contribution in [0.2, 0.25) is 5.02 Å². The van der Waals surface area contributed by atoms with Crippen LogP contribution in [0.1, 0.15) is 24.6 Å². The predicted molar refractivity (Wildman–Crippen MR) is 138 cm³/mol. The third-order valence-electron chi connectivity index (χ3n) is 6.02. The molecule has 35 heavy (non-hydrogen) atoms. The highest BCUT2D eigenvalue weighted by molar-refractivity contribution is 9.10. The summed E-state index contributed by atoms with van der Waals surface area (Å²) in [5, 5.41) is 20.7. The second-order valence-electron chi connectivity index (χ2n) is 8.73. The van der Waals surface area contributed by atoms with Gasteiger partial charge in [-0.1, -0.05) is 29.7 Å². The van der Waals surface area contributed by atoms with Crippen LogP contribution in [-0.2, 0) is 0 Å². The summed E-state index contributed by atoms with van der Waals surface area (Å²) in [6, 6.07) is 13.9. The van der Waals surface area contributed by atoms with Crippen LogP contribution in [0, 0.1) is 17.7 Å². The van der Waals surface area contributed by atoms with Gasteiger partial charge in [0.1, 0.15) is 18.1 Å². The van der Waals surface area contributed by atoms with Gasteiger partial charge in [0.15, 0.2) is 5.82 Å². The van der Waals surface area contributed by atoms with Crippen LogP contribution in [0.5, 0.6) is 5.75 Å². The second-order valence-corrected chi connectivity index (χ2v) is 10.0. The molecule has 0 bridgehead atoms. The van der Waals surface area contributed by atoms with Crippen molar-refractivity contribution in [3.8, 4) is 28.7 Å². The summed E-state index contributed by atoms with van der Waals surface area (Å²) in [6.07, 6.45) is 1.34. The zero-order valence-electron chi connectivity index (χ0n) is 19.1. The molecule has 8 heteroatoms.